The van der Waals surface area contributed by atoms with Crippen LogP contribution in [0.3, 0.4) is 0 Å². The molecule has 0 saturated heterocycles. The maximum Gasteiger partial charge on any atom is -0.0245 e. The standard InChI is InChI=1S/C22H32/c1-15-3-5-19-13-21(9-7-17(19)11-15)22-10-8-18-12-16(2)4-6-20(18)14-22/h3,5,11,16,18,20-22H,4,6-10,12-14H2,1-2H3/t16-,18?,20-,21?,22?/m1/s1. The number of hydrogen-bond acceptors (Lipinski definition) is 0. The van der Waals surface area contributed by atoms with Crippen LogP contribution in [0, 0.1) is 36.5 Å². The van der Waals surface area contributed by atoms with Gasteiger partial charge in [-0.15, -0.1) is 0 Å². The van der Waals surface area contributed by atoms with Crippen LogP contribution < -0.4 is 0 Å². The third-order valence-electron chi connectivity index (χ3n) is 7.21. The number of aryl methyl sites for hydroxylation is 2. The quantitative estimate of drug-likeness (QED) is 0.600. The molecule has 0 aliphatic heterocycles. The van der Waals surface area contributed by atoms with Gasteiger partial charge in [-0.25, -0.2) is 0 Å². The maximum atomic E-state index is 2.47. The molecule has 0 spiro atoms. The summed E-state index contributed by atoms with van der Waals surface area (Å²) in [7, 11) is 0. The lowest BCUT2D eigenvalue weighted by Crippen LogP contribution is -2.34. The van der Waals surface area contributed by atoms with Gasteiger partial charge < -0.3 is 0 Å². The van der Waals surface area contributed by atoms with Crippen molar-refractivity contribution >= 4 is 0 Å². The Kier molecular flexibility index (Phi) is 4.05. The van der Waals surface area contributed by atoms with Crippen LogP contribution in [0.2, 0.25) is 0 Å². The van der Waals surface area contributed by atoms with Gasteiger partial charge in [-0.2, -0.15) is 0 Å². The van der Waals surface area contributed by atoms with Crippen LogP contribution in [-0.4, -0.2) is 0 Å². The summed E-state index contributed by atoms with van der Waals surface area (Å²) in [5, 5.41) is 0. The highest BCUT2D eigenvalue weighted by atomic mass is 14.4. The second-order valence-electron chi connectivity index (χ2n) is 8.79. The average Bonchev–Trinajstić information content (AvgIpc) is 2.54. The molecule has 0 amide bonds. The predicted octanol–water partition coefficient (Wildman–Crippen LogP) is 5.95. The van der Waals surface area contributed by atoms with E-state index in [2.05, 4.69) is 32.0 Å². The zero-order chi connectivity index (χ0) is 15.1. The van der Waals surface area contributed by atoms with Crippen molar-refractivity contribution in [3.63, 3.8) is 0 Å². The fourth-order valence-corrected chi connectivity index (χ4v) is 5.90. The first kappa shape index (κ1) is 14.8. The van der Waals surface area contributed by atoms with Crippen molar-refractivity contribution in [2.75, 3.05) is 0 Å². The van der Waals surface area contributed by atoms with Crippen LogP contribution in [0.5, 0.6) is 0 Å². The Morgan fingerprint density at radius 1 is 0.773 bits per heavy atom. The van der Waals surface area contributed by atoms with Gasteiger partial charge in [-0.1, -0.05) is 37.1 Å². The molecule has 0 bridgehead atoms. The summed E-state index contributed by atoms with van der Waals surface area (Å²) in [6.07, 6.45) is 13.3. The molecule has 5 atom stereocenters. The van der Waals surface area contributed by atoms with Gasteiger partial charge in [0.1, 0.15) is 0 Å². The molecule has 0 aromatic heterocycles. The van der Waals surface area contributed by atoms with Crippen molar-refractivity contribution < 1.29 is 0 Å². The molecule has 2 fully saturated rings. The summed E-state index contributed by atoms with van der Waals surface area (Å²) in [6.45, 7) is 4.71. The summed E-state index contributed by atoms with van der Waals surface area (Å²) in [5.41, 5.74) is 4.76. The Morgan fingerprint density at radius 2 is 1.50 bits per heavy atom. The first-order chi connectivity index (χ1) is 10.7. The fourth-order valence-electron chi connectivity index (χ4n) is 5.90. The van der Waals surface area contributed by atoms with Crippen LogP contribution in [0.25, 0.3) is 0 Å². The van der Waals surface area contributed by atoms with Crippen LogP contribution in [0.1, 0.15) is 68.6 Å². The zero-order valence-corrected chi connectivity index (χ0v) is 14.5. The maximum absolute atomic E-state index is 2.47. The average molecular weight is 296 g/mol. The summed E-state index contributed by atoms with van der Waals surface area (Å²) < 4.78 is 0. The molecule has 0 N–H and O–H groups in total. The summed E-state index contributed by atoms with van der Waals surface area (Å²) in [4.78, 5) is 0. The Balaban J connectivity index is 1.42. The van der Waals surface area contributed by atoms with E-state index in [0.29, 0.717) is 0 Å². The van der Waals surface area contributed by atoms with E-state index < -0.39 is 0 Å². The molecular formula is C22H32. The molecule has 0 radical (unpaired) electrons. The van der Waals surface area contributed by atoms with Gasteiger partial charge in [0, 0.05) is 0 Å². The molecule has 3 aliphatic carbocycles. The minimum Gasteiger partial charge on any atom is -0.0625 e. The lowest BCUT2D eigenvalue weighted by Gasteiger charge is -2.44. The van der Waals surface area contributed by atoms with E-state index in [1.807, 2.05) is 0 Å². The number of hydrogen-bond donors (Lipinski definition) is 0. The molecule has 2 saturated carbocycles. The molecule has 3 aliphatic rings. The molecule has 4 rings (SSSR count). The Bertz CT molecular complexity index is 529. The minimum absolute atomic E-state index is 0.982. The first-order valence-corrected chi connectivity index (χ1v) is 9.77. The van der Waals surface area contributed by atoms with Gasteiger partial charge in [-0.05, 0) is 99.0 Å². The lowest BCUT2D eigenvalue weighted by molar-refractivity contribution is 0.0757. The third-order valence-corrected chi connectivity index (χ3v) is 7.21. The first-order valence-electron chi connectivity index (χ1n) is 9.77. The van der Waals surface area contributed by atoms with Crippen LogP contribution in [0.4, 0.5) is 0 Å². The van der Waals surface area contributed by atoms with Gasteiger partial charge in [0.25, 0.3) is 0 Å². The largest absolute Gasteiger partial charge is 0.0625 e. The van der Waals surface area contributed by atoms with Crippen molar-refractivity contribution in [1.82, 2.24) is 0 Å². The molecule has 1 aromatic rings. The fraction of sp³-hybridized carbons (Fsp3) is 0.727. The van der Waals surface area contributed by atoms with Gasteiger partial charge in [0.2, 0.25) is 0 Å². The smallest absolute Gasteiger partial charge is 0.0245 e. The van der Waals surface area contributed by atoms with E-state index in [-0.39, 0.29) is 0 Å². The van der Waals surface area contributed by atoms with Crippen molar-refractivity contribution in [3.05, 3.63) is 34.9 Å². The molecule has 0 heterocycles. The van der Waals surface area contributed by atoms with E-state index in [1.54, 1.807) is 17.5 Å². The number of rotatable bonds is 1. The Hall–Kier alpha value is -0.780. The zero-order valence-electron chi connectivity index (χ0n) is 14.5. The van der Waals surface area contributed by atoms with Gasteiger partial charge in [-0.3, -0.25) is 0 Å². The molecule has 3 unspecified atom stereocenters. The lowest BCUT2D eigenvalue weighted by atomic mass is 9.61. The molecule has 1 aromatic carbocycles. The Morgan fingerprint density at radius 3 is 2.36 bits per heavy atom. The van der Waals surface area contributed by atoms with Crippen LogP contribution in [0.15, 0.2) is 18.2 Å². The summed E-state index contributed by atoms with van der Waals surface area (Å²) in [5.74, 6) is 5.18. The summed E-state index contributed by atoms with van der Waals surface area (Å²) in [6, 6.07) is 7.18. The second kappa shape index (κ2) is 6.02. The third kappa shape index (κ3) is 2.86. The van der Waals surface area contributed by atoms with Crippen molar-refractivity contribution in [2.24, 2.45) is 29.6 Å². The molecule has 0 heteroatoms. The van der Waals surface area contributed by atoms with Crippen LogP contribution >= 0.6 is 0 Å². The van der Waals surface area contributed by atoms with E-state index in [0.717, 1.165) is 29.6 Å². The molecular weight excluding hydrogens is 264 g/mol. The highest BCUT2D eigenvalue weighted by Gasteiger charge is 2.37. The highest BCUT2D eigenvalue weighted by molar-refractivity contribution is 5.33. The SMILES string of the molecule is Cc1ccc2c(c1)CCC(C1CCC3C[C@H](C)CC[C@@H]3C1)C2. The molecule has 22 heavy (non-hydrogen) atoms. The molecule has 120 valence electrons. The van der Waals surface area contributed by atoms with Crippen molar-refractivity contribution in [1.29, 1.82) is 0 Å². The minimum atomic E-state index is 0.982. The van der Waals surface area contributed by atoms with E-state index in [1.165, 1.54) is 56.9 Å². The van der Waals surface area contributed by atoms with Crippen molar-refractivity contribution in [2.45, 2.75) is 71.6 Å². The molecule has 0 nitrogen and oxygen atoms in total. The number of fused-ring (bicyclic) bond motifs is 2. The van der Waals surface area contributed by atoms with Gasteiger partial charge in [0.15, 0.2) is 0 Å². The summed E-state index contributed by atoms with van der Waals surface area (Å²) >= 11 is 0. The Labute approximate surface area is 136 Å². The highest BCUT2D eigenvalue weighted by Crippen LogP contribution is 2.48. The predicted molar refractivity (Wildman–Crippen MR) is 94.0 cm³/mol. The topological polar surface area (TPSA) is 0 Å². The van der Waals surface area contributed by atoms with E-state index in [4.69, 9.17) is 0 Å². The van der Waals surface area contributed by atoms with E-state index >= 15 is 0 Å². The van der Waals surface area contributed by atoms with Gasteiger partial charge in [0.05, 0.1) is 0 Å². The van der Waals surface area contributed by atoms with Crippen LogP contribution in [-0.2, 0) is 12.8 Å². The number of benzene rings is 1. The monoisotopic (exact) mass is 296 g/mol. The van der Waals surface area contributed by atoms with Gasteiger partial charge >= 0.3 is 0 Å². The second-order valence-corrected chi connectivity index (χ2v) is 8.79. The van der Waals surface area contributed by atoms with Crippen molar-refractivity contribution in [3.8, 4) is 0 Å². The van der Waals surface area contributed by atoms with E-state index in [9.17, 15) is 0 Å². The normalized spacial score (nSPS) is 38.2.